The van der Waals surface area contributed by atoms with E-state index in [0.29, 0.717) is 33.7 Å². The molecule has 0 saturated carbocycles. The van der Waals surface area contributed by atoms with Crippen LogP contribution >= 0.6 is 23.2 Å². The van der Waals surface area contributed by atoms with Crippen LogP contribution in [0.4, 0.5) is 0 Å². The van der Waals surface area contributed by atoms with Gasteiger partial charge in [-0.3, -0.25) is 10.1 Å². The summed E-state index contributed by atoms with van der Waals surface area (Å²) in [5.74, 6) is 0.928. The van der Waals surface area contributed by atoms with Crippen LogP contribution in [0.15, 0.2) is 30.7 Å². The molecular weight excluding hydrogens is 453 g/mol. The van der Waals surface area contributed by atoms with Crippen LogP contribution in [0.5, 0.6) is 11.5 Å². The molecule has 3 aromatic heterocycles. The number of hydrogen-bond acceptors (Lipinski definition) is 6. The first-order valence-corrected chi connectivity index (χ1v) is 11.0. The molecule has 1 atom stereocenters. The third kappa shape index (κ3) is 3.48. The molecule has 4 heterocycles. The predicted molar refractivity (Wildman–Crippen MR) is 123 cm³/mol. The number of fused-ring (bicyclic) bond motifs is 1. The Bertz CT molecular complexity index is 1240. The molecule has 1 aliphatic heterocycles. The Labute approximate surface area is 194 Å². The number of ether oxygens (including phenoxy) is 3. The molecule has 5 rings (SSSR count). The van der Waals surface area contributed by atoms with E-state index in [9.17, 15) is 0 Å². The Morgan fingerprint density at radius 2 is 1.84 bits per heavy atom. The number of aromatic amines is 1. The molecule has 1 saturated heterocycles. The summed E-state index contributed by atoms with van der Waals surface area (Å²) in [7, 11) is 3.10. The zero-order valence-electron chi connectivity index (χ0n) is 17.6. The van der Waals surface area contributed by atoms with Gasteiger partial charge in [-0.25, -0.2) is 4.68 Å². The van der Waals surface area contributed by atoms with E-state index in [1.807, 2.05) is 10.7 Å². The van der Waals surface area contributed by atoms with E-state index in [0.717, 1.165) is 47.1 Å². The van der Waals surface area contributed by atoms with E-state index in [-0.39, 0.29) is 6.23 Å². The SMILES string of the molecule is COc1cc(OC)c(Cl)c(-c2cnc3c(-c4cn[nH]c4)nn(C4CCCCO4)c3c2)c1Cl. The average molecular weight is 474 g/mol. The molecule has 1 fully saturated rings. The lowest BCUT2D eigenvalue weighted by molar-refractivity contribution is -0.0365. The van der Waals surface area contributed by atoms with Gasteiger partial charge >= 0.3 is 0 Å². The van der Waals surface area contributed by atoms with Gasteiger partial charge in [-0.2, -0.15) is 10.2 Å². The normalized spacial score (nSPS) is 16.4. The highest BCUT2D eigenvalue weighted by Gasteiger charge is 2.25. The summed E-state index contributed by atoms with van der Waals surface area (Å²) in [6.07, 6.45) is 8.07. The second kappa shape index (κ2) is 8.61. The van der Waals surface area contributed by atoms with Crippen molar-refractivity contribution in [2.24, 2.45) is 0 Å². The number of hydrogen-bond donors (Lipinski definition) is 1. The number of aromatic nitrogens is 5. The van der Waals surface area contributed by atoms with Gasteiger partial charge in [0, 0.05) is 41.8 Å². The fourth-order valence-electron chi connectivity index (χ4n) is 4.01. The first-order valence-electron chi connectivity index (χ1n) is 10.2. The van der Waals surface area contributed by atoms with E-state index in [2.05, 4.69) is 10.2 Å². The highest BCUT2D eigenvalue weighted by Crippen LogP contribution is 2.46. The van der Waals surface area contributed by atoms with Crippen LogP contribution in [0.1, 0.15) is 25.5 Å². The average Bonchev–Trinajstić information content (AvgIpc) is 3.48. The molecule has 0 amide bonds. The Morgan fingerprint density at radius 3 is 2.47 bits per heavy atom. The van der Waals surface area contributed by atoms with Crippen molar-refractivity contribution in [3.63, 3.8) is 0 Å². The molecule has 1 aliphatic rings. The minimum absolute atomic E-state index is 0.172. The third-order valence-corrected chi connectivity index (χ3v) is 6.36. The van der Waals surface area contributed by atoms with E-state index in [1.165, 1.54) is 0 Å². The summed E-state index contributed by atoms with van der Waals surface area (Å²) in [6, 6.07) is 3.64. The van der Waals surface area contributed by atoms with Crippen molar-refractivity contribution in [1.82, 2.24) is 25.0 Å². The molecule has 0 bridgehead atoms. The van der Waals surface area contributed by atoms with Crippen LogP contribution in [0.2, 0.25) is 10.0 Å². The van der Waals surface area contributed by atoms with E-state index < -0.39 is 0 Å². The second-order valence-electron chi connectivity index (χ2n) is 7.48. The van der Waals surface area contributed by atoms with Crippen LogP contribution in [0.25, 0.3) is 33.4 Å². The first-order chi connectivity index (χ1) is 15.6. The van der Waals surface area contributed by atoms with Gasteiger partial charge in [-0.15, -0.1) is 0 Å². The number of pyridine rings is 1. The fraction of sp³-hybridized carbons (Fsp3) is 0.318. The molecule has 8 nitrogen and oxygen atoms in total. The molecule has 0 aliphatic carbocycles. The van der Waals surface area contributed by atoms with Crippen LogP contribution < -0.4 is 9.47 Å². The Hall–Kier alpha value is -2.81. The van der Waals surface area contributed by atoms with Gasteiger partial charge in [0.2, 0.25) is 0 Å². The lowest BCUT2D eigenvalue weighted by atomic mass is 10.1. The van der Waals surface area contributed by atoms with Crippen molar-refractivity contribution < 1.29 is 14.2 Å². The first kappa shape index (κ1) is 21.1. The summed E-state index contributed by atoms with van der Waals surface area (Å²) in [5.41, 5.74) is 4.45. The van der Waals surface area contributed by atoms with Crippen molar-refractivity contribution in [2.75, 3.05) is 20.8 Å². The van der Waals surface area contributed by atoms with E-state index >= 15 is 0 Å². The lowest BCUT2D eigenvalue weighted by Crippen LogP contribution is -2.19. The maximum absolute atomic E-state index is 6.65. The lowest BCUT2D eigenvalue weighted by Gasteiger charge is -2.23. The summed E-state index contributed by atoms with van der Waals surface area (Å²) in [5, 5.41) is 12.5. The molecule has 0 spiro atoms. The smallest absolute Gasteiger partial charge is 0.150 e. The Balaban J connectivity index is 1.74. The topological polar surface area (TPSA) is 87.1 Å². The van der Waals surface area contributed by atoms with Crippen molar-refractivity contribution in [1.29, 1.82) is 0 Å². The minimum Gasteiger partial charge on any atom is -0.495 e. The Kier molecular flexibility index (Phi) is 5.67. The number of benzene rings is 1. The van der Waals surface area contributed by atoms with Crippen LogP contribution in [0.3, 0.4) is 0 Å². The zero-order valence-corrected chi connectivity index (χ0v) is 19.1. The van der Waals surface area contributed by atoms with Crippen LogP contribution in [0, 0.1) is 0 Å². The number of methoxy groups -OCH3 is 2. The summed E-state index contributed by atoms with van der Waals surface area (Å²) >= 11 is 13.3. The van der Waals surface area contributed by atoms with Gasteiger partial charge in [0.05, 0.1) is 36.0 Å². The maximum atomic E-state index is 6.65. The van der Waals surface area contributed by atoms with Gasteiger partial charge in [-0.05, 0) is 25.3 Å². The third-order valence-electron chi connectivity index (χ3n) is 5.61. The number of halogens is 2. The quantitative estimate of drug-likeness (QED) is 0.411. The monoisotopic (exact) mass is 473 g/mol. The molecule has 32 heavy (non-hydrogen) atoms. The summed E-state index contributed by atoms with van der Waals surface area (Å²) < 4.78 is 18.8. The zero-order chi connectivity index (χ0) is 22.2. The Morgan fingerprint density at radius 1 is 1.06 bits per heavy atom. The van der Waals surface area contributed by atoms with Gasteiger partial charge in [0.25, 0.3) is 0 Å². The van der Waals surface area contributed by atoms with Crippen molar-refractivity contribution in [3.8, 4) is 33.9 Å². The van der Waals surface area contributed by atoms with Crippen LogP contribution in [-0.2, 0) is 4.74 Å². The second-order valence-corrected chi connectivity index (χ2v) is 8.23. The number of nitrogens with zero attached hydrogens (tertiary/aromatic N) is 4. The highest BCUT2D eigenvalue weighted by atomic mass is 35.5. The van der Waals surface area contributed by atoms with Gasteiger partial charge in [0.1, 0.15) is 22.7 Å². The standard InChI is InChI=1S/C22H21Cl2N5O3/c1-30-15-8-16(31-2)20(24)18(19(15)23)12-7-14-22(25-9-12)21(13-10-26-27-11-13)28-29(14)17-5-3-4-6-32-17/h7-11,17H,3-6H2,1-2H3,(H,26,27). The molecule has 4 aromatic rings. The summed E-state index contributed by atoms with van der Waals surface area (Å²) in [4.78, 5) is 4.74. The number of nitrogens with one attached hydrogen (secondary N) is 1. The van der Waals surface area contributed by atoms with E-state index in [1.54, 1.807) is 38.9 Å². The number of H-pyrrole nitrogens is 1. The van der Waals surface area contributed by atoms with Gasteiger partial charge in [0.15, 0.2) is 6.23 Å². The molecule has 1 unspecified atom stereocenters. The number of rotatable bonds is 5. The van der Waals surface area contributed by atoms with E-state index in [4.69, 9.17) is 47.5 Å². The fourth-order valence-corrected chi connectivity index (χ4v) is 4.72. The predicted octanol–water partition coefficient (Wildman–Crippen LogP) is 5.51. The van der Waals surface area contributed by atoms with Crippen molar-refractivity contribution >= 4 is 34.2 Å². The van der Waals surface area contributed by atoms with Gasteiger partial charge in [-0.1, -0.05) is 23.2 Å². The highest BCUT2D eigenvalue weighted by molar-refractivity contribution is 6.41. The van der Waals surface area contributed by atoms with Gasteiger partial charge < -0.3 is 14.2 Å². The molecule has 10 heteroatoms. The minimum atomic E-state index is -0.172. The maximum Gasteiger partial charge on any atom is 0.150 e. The van der Waals surface area contributed by atoms with Crippen molar-refractivity contribution in [3.05, 3.63) is 40.8 Å². The van der Waals surface area contributed by atoms with Crippen LogP contribution in [-0.4, -0.2) is 45.8 Å². The molecule has 1 aromatic carbocycles. The molecule has 0 radical (unpaired) electrons. The molecule has 1 N–H and O–H groups in total. The van der Waals surface area contributed by atoms with Crippen molar-refractivity contribution in [2.45, 2.75) is 25.5 Å². The largest absolute Gasteiger partial charge is 0.495 e. The molecule has 166 valence electrons. The molecular formula is C22H21Cl2N5O3. The summed E-state index contributed by atoms with van der Waals surface area (Å²) in [6.45, 7) is 0.699.